The third-order valence-corrected chi connectivity index (χ3v) is 4.57. The number of amides is 2. The van der Waals surface area contributed by atoms with Crippen molar-refractivity contribution < 1.29 is 14.7 Å². The minimum atomic E-state index is -0.823. The number of carboxylic acid groups (broad SMARTS) is 1. The van der Waals surface area contributed by atoms with Crippen molar-refractivity contribution in [2.75, 3.05) is 33.7 Å². The number of carboxylic acids is 1. The third kappa shape index (κ3) is 3.42. The van der Waals surface area contributed by atoms with Crippen LogP contribution in [0.4, 0.5) is 4.79 Å². The summed E-state index contributed by atoms with van der Waals surface area (Å²) in [6, 6.07) is 0.154. The van der Waals surface area contributed by atoms with Gasteiger partial charge in [-0.1, -0.05) is 0 Å². The van der Waals surface area contributed by atoms with E-state index in [4.69, 9.17) is 5.11 Å². The first-order valence-electron chi connectivity index (χ1n) is 7.43. The van der Waals surface area contributed by atoms with Crippen LogP contribution in [0.5, 0.6) is 0 Å². The van der Waals surface area contributed by atoms with Crippen LogP contribution >= 0.6 is 0 Å². The minimum Gasteiger partial charge on any atom is -0.481 e. The second-order valence-corrected chi connectivity index (χ2v) is 6.02. The Bertz CT molecular complexity index is 367. The molecule has 2 aliphatic heterocycles. The molecule has 114 valence electrons. The molecule has 0 radical (unpaired) electrons. The zero-order valence-electron chi connectivity index (χ0n) is 12.4. The molecule has 0 saturated carbocycles. The summed E-state index contributed by atoms with van der Waals surface area (Å²) in [5.41, 5.74) is 0. The standard InChI is InChI=1S/C14H25N3O3/c1-15-8-5-11(6-9-15)16(2)14(20)17-7-3-4-12(17)10-13(18)19/h11-12H,3-10H2,1-2H3,(H,18,19). The molecule has 2 saturated heterocycles. The molecule has 2 fully saturated rings. The number of carbonyl (C=O) groups is 2. The first-order valence-corrected chi connectivity index (χ1v) is 7.43. The number of hydrogen-bond donors (Lipinski definition) is 1. The molecule has 1 atom stereocenters. The Morgan fingerprint density at radius 3 is 2.45 bits per heavy atom. The van der Waals surface area contributed by atoms with Crippen LogP contribution in [0.3, 0.4) is 0 Å². The molecule has 2 rings (SSSR count). The van der Waals surface area contributed by atoms with Gasteiger partial charge in [0, 0.05) is 25.7 Å². The molecule has 0 aromatic rings. The highest BCUT2D eigenvalue weighted by Gasteiger charge is 2.34. The molecule has 20 heavy (non-hydrogen) atoms. The highest BCUT2D eigenvalue weighted by atomic mass is 16.4. The van der Waals surface area contributed by atoms with Crippen LogP contribution in [0.1, 0.15) is 32.1 Å². The first-order chi connectivity index (χ1) is 9.49. The fourth-order valence-corrected chi connectivity index (χ4v) is 3.24. The van der Waals surface area contributed by atoms with Crippen molar-refractivity contribution >= 4 is 12.0 Å². The molecule has 1 unspecified atom stereocenters. The number of piperidine rings is 1. The van der Waals surface area contributed by atoms with E-state index in [-0.39, 0.29) is 24.5 Å². The van der Waals surface area contributed by atoms with Crippen molar-refractivity contribution in [3.8, 4) is 0 Å². The van der Waals surface area contributed by atoms with Crippen molar-refractivity contribution in [2.45, 2.75) is 44.2 Å². The highest BCUT2D eigenvalue weighted by Crippen LogP contribution is 2.23. The molecular formula is C14H25N3O3. The second-order valence-electron chi connectivity index (χ2n) is 6.02. The van der Waals surface area contributed by atoms with E-state index in [1.54, 1.807) is 4.90 Å². The number of rotatable bonds is 3. The zero-order valence-corrected chi connectivity index (χ0v) is 12.4. The topological polar surface area (TPSA) is 64.1 Å². The molecule has 1 N–H and O–H groups in total. The van der Waals surface area contributed by atoms with Gasteiger partial charge in [0.05, 0.1) is 6.42 Å². The molecule has 6 heteroatoms. The maximum Gasteiger partial charge on any atom is 0.320 e. The van der Waals surface area contributed by atoms with Crippen LogP contribution in [0.2, 0.25) is 0 Å². The Morgan fingerprint density at radius 1 is 1.20 bits per heavy atom. The normalized spacial score (nSPS) is 24.9. The number of nitrogens with zero attached hydrogens (tertiary/aromatic N) is 3. The van der Waals surface area contributed by atoms with Crippen LogP contribution in [0.25, 0.3) is 0 Å². The van der Waals surface area contributed by atoms with E-state index in [1.165, 1.54) is 0 Å². The van der Waals surface area contributed by atoms with Crippen molar-refractivity contribution in [1.29, 1.82) is 0 Å². The molecule has 2 amide bonds. The van der Waals surface area contributed by atoms with Gasteiger partial charge >= 0.3 is 12.0 Å². The van der Waals surface area contributed by atoms with E-state index in [2.05, 4.69) is 11.9 Å². The number of carbonyl (C=O) groups excluding carboxylic acids is 1. The molecule has 0 bridgehead atoms. The lowest BCUT2D eigenvalue weighted by atomic mass is 10.0. The number of likely N-dealkylation sites (tertiary alicyclic amines) is 2. The summed E-state index contributed by atoms with van der Waals surface area (Å²) < 4.78 is 0. The minimum absolute atomic E-state index is 0.00306. The largest absolute Gasteiger partial charge is 0.481 e. The highest BCUT2D eigenvalue weighted by molar-refractivity contribution is 5.76. The zero-order chi connectivity index (χ0) is 14.7. The first kappa shape index (κ1) is 15.1. The summed E-state index contributed by atoms with van der Waals surface area (Å²) in [5.74, 6) is -0.823. The van der Waals surface area contributed by atoms with Crippen molar-refractivity contribution in [1.82, 2.24) is 14.7 Å². The SMILES string of the molecule is CN1CCC(N(C)C(=O)N2CCCC2CC(=O)O)CC1. The number of hydrogen-bond acceptors (Lipinski definition) is 3. The lowest BCUT2D eigenvalue weighted by Gasteiger charge is -2.38. The van der Waals surface area contributed by atoms with Gasteiger partial charge in [0.25, 0.3) is 0 Å². The van der Waals surface area contributed by atoms with Gasteiger partial charge in [-0.2, -0.15) is 0 Å². The quantitative estimate of drug-likeness (QED) is 0.841. The van der Waals surface area contributed by atoms with Crippen LogP contribution in [0, 0.1) is 0 Å². The maximum absolute atomic E-state index is 12.6. The molecule has 0 spiro atoms. The molecule has 0 aromatic heterocycles. The average molecular weight is 283 g/mol. The van der Waals surface area contributed by atoms with E-state index in [0.29, 0.717) is 6.54 Å². The summed E-state index contributed by atoms with van der Waals surface area (Å²) in [4.78, 5) is 29.3. The predicted molar refractivity (Wildman–Crippen MR) is 75.7 cm³/mol. The van der Waals surface area contributed by atoms with E-state index in [9.17, 15) is 9.59 Å². The summed E-state index contributed by atoms with van der Waals surface area (Å²) in [6.07, 6.45) is 3.77. The van der Waals surface area contributed by atoms with Crippen LogP contribution in [-0.2, 0) is 4.79 Å². The van der Waals surface area contributed by atoms with Crippen molar-refractivity contribution in [2.24, 2.45) is 0 Å². The van der Waals surface area contributed by atoms with Gasteiger partial charge in [0.2, 0.25) is 0 Å². The number of aliphatic carboxylic acids is 1. The Kier molecular flexibility index (Phi) is 4.86. The Labute approximate surface area is 120 Å². The van der Waals surface area contributed by atoms with Gasteiger partial charge in [0.1, 0.15) is 0 Å². The van der Waals surface area contributed by atoms with E-state index < -0.39 is 5.97 Å². The van der Waals surface area contributed by atoms with Crippen molar-refractivity contribution in [3.63, 3.8) is 0 Å². The molecular weight excluding hydrogens is 258 g/mol. The van der Waals surface area contributed by atoms with Crippen LogP contribution in [-0.4, -0.2) is 77.6 Å². The summed E-state index contributed by atoms with van der Waals surface area (Å²) >= 11 is 0. The molecule has 2 aliphatic rings. The molecule has 0 aromatic carbocycles. The van der Waals surface area contributed by atoms with Gasteiger partial charge in [-0.25, -0.2) is 4.79 Å². The van der Waals surface area contributed by atoms with Crippen molar-refractivity contribution in [3.05, 3.63) is 0 Å². The molecule has 6 nitrogen and oxygen atoms in total. The van der Waals surface area contributed by atoms with Gasteiger partial charge < -0.3 is 19.8 Å². The fraction of sp³-hybridized carbons (Fsp3) is 0.857. The van der Waals surface area contributed by atoms with Crippen LogP contribution in [0.15, 0.2) is 0 Å². The fourth-order valence-electron chi connectivity index (χ4n) is 3.24. The summed E-state index contributed by atoms with van der Waals surface area (Å²) in [6.45, 7) is 2.72. The predicted octanol–water partition coefficient (Wildman–Crippen LogP) is 1.07. The molecule has 2 heterocycles. The van der Waals surface area contributed by atoms with E-state index in [0.717, 1.165) is 38.8 Å². The maximum atomic E-state index is 12.6. The Balaban J connectivity index is 1.93. The monoisotopic (exact) mass is 283 g/mol. The van der Waals surface area contributed by atoms with Gasteiger partial charge in [-0.05, 0) is 45.8 Å². The number of urea groups is 1. The molecule has 0 aliphatic carbocycles. The Morgan fingerprint density at radius 2 is 1.85 bits per heavy atom. The van der Waals surface area contributed by atoms with Crippen LogP contribution < -0.4 is 0 Å². The lowest BCUT2D eigenvalue weighted by Crippen LogP contribution is -2.51. The van der Waals surface area contributed by atoms with Gasteiger partial charge in [-0.15, -0.1) is 0 Å². The summed E-state index contributed by atoms with van der Waals surface area (Å²) in [7, 11) is 3.95. The lowest BCUT2D eigenvalue weighted by molar-refractivity contribution is -0.138. The second kappa shape index (κ2) is 6.43. The van der Waals surface area contributed by atoms with E-state index in [1.807, 2.05) is 11.9 Å². The van der Waals surface area contributed by atoms with Gasteiger partial charge in [0.15, 0.2) is 0 Å². The smallest absolute Gasteiger partial charge is 0.320 e. The summed E-state index contributed by atoms with van der Waals surface area (Å²) in [5, 5.41) is 8.93. The third-order valence-electron chi connectivity index (χ3n) is 4.57. The van der Waals surface area contributed by atoms with E-state index >= 15 is 0 Å². The average Bonchev–Trinajstić information content (AvgIpc) is 2.85. The Hall–Kier alpha value is -1.30. The van der Waals surface area contributed by atoms with Gasteiger partial charge in [-0.3, -0.25) is 4.79 Å².